The van der Waals surface area contributed by atoms with E-state index in [0.29, 0.717) is 6.54 Å². The Morgan fingerprint density at radius 2 is 2.04 bits per heavy atom. The number of benzene rings is 1. The Morgan fingerprint density at radius 1 is 1.32 bits per heavy atom. The van der Waals surface area contributed by atoms with E-state index in [0.717, 1.165) is 30.5 Å². The SMILES string of the molecule is COC(CNC(=O)N1CCCC1c1ccncc1)c1ccc(F)cc1. The highest BCUT2D eigenvalue weighted by atomic mass is 19.1. The summed E-state index contributed by atoms with van der Waals surface area (Å²) in [4.78, 5) is 18.5. The van der Waals surface area contributed by atoms with Crippen molar-refractivity contribution in [1.29, 1.82) is 0 Å². The number of halogens is 1. The van der Waals surface area contributed by atoms with E-state index < -0.39 is 0 Å². The van der Waals surface area contributed by atoms with Crippen molar-refractivity contribution in [1.82, 2.24) is 15.2 Å². The molecule has 1 N–H and O–H groups in total. The number of likely N-dealkylation sites (tertiary alicyclic amines) is 1. The van der Waals surface area contributed by atoms with Crippen LogP contribution in [-0.2, 0) is 4.74 Å². The molecule has 6 heteroatoms. The lowest BCUT2D eigenvalue weighted by Gasteiger charge is -2.26. The molecule has 1 saturated heterocycles. The third-order valence-electron chi connectivity index (χ3n) is 4.57. The highest BCUT2D eigenvalue weighted by molar-refractivity contribution is 5.75. The molecule has 0 spiro atoms. The Bertz CT molecular complexity index is 694. The molecule has 2 heterocycles. The van der Waals surface area contributed by atoms with Gasteiger partial charge in [-0.2, -0.15) is 0 Å². The van der Waals surface area contributed by atoms with E-state index in [-0.39, 0.29) is 24.0 Å². The van der Waals surface area contributed by atoms with E-state index in [1.54, 1.807) is 31.6 Å². The average Bonchev–Trinajstić information content (AvgIpc) is 3.14. The van der Waals surface area contributed by atoms with Crippen LogP contribution in [0, 0.1) is 5.82 Å². The second kappa shape index (κ2) is 8.07. The number of nitrogens with zero attached hydrogens (tertiary/aromatic N) is 2. The minimum atomic E-state index is -0.313. The van der Waals surface area contributed by atoms with Crippen LogP contribution in [0.3, 0.4) is 0 Å². The lowest BCUT2D eigenvalue weighted by atomic mass is 10.1. The molecule has 1 aliphatic rings. The minimum absolute atomic E-state index is 0.0785. The molecule has 2 atom stereocenters. The number of carbonyl (C=O) groups is 1. The number of methoxy groups -OCH3 is 1. The van der Waals surface area contributed by atoms with E-state index in [2.05, 4.69) is 10.3 Å². The van der Waals surface area contributed by atoms with Gasteiger partial charge >= 0.3 is 6.03 Å². The molecule has 1 aliphatic heterocycles. The van der Waals surface area contributed by atoms with Gasteiger partial charge in [0.1, 0.15) is 5.82 Å². The molecule has 2 unspecified atom stereocenters. The van der Waals surface area contributed by atoms with Gasteiger partial charge < -0.3 is 15.0 Å². The van der Waals surface area contributed by atoms with Crippen LogP contribution in [-0.4, -0.2) is 36.1 Å². The smallest absolute Gasteiger partial charge is 0.318 e. The molecule has 3 rings (SSSR count). The van der Waals surface area contributed by atoms with Gasteiger partial charge in [0.2, 0.25) is 0 Å². The topological polar surface area (TPSA) is 54.5 Å². The monoisotopic (exact) mass is 343 g/mol. The van der Waals surface area contributed by atoms with Crippen molar-refractivity contribution in [2.45, 2.75) is 25.0 Å². The highest BCUT2D eigenvalue weighted by Gasteiger charge is 2.30. The van der Waals surface area contributed by atoms with Gasteiger partial charge in [-0.25, -0.2) is 9.18 Å². The molecule has 2 aromatic rings. The Balaban J connectivity index is 1.62. The molecule has 0 bridgehead atoms. The molecule has 0 aliphatic carbocycles. The largest absolute Gasteiger partial charge is 0.375 e. The van der Waals surface area contributed by atoms with Gasteiger partial charge in [0.25, 0.3) is 0 Å². The molecule has 25 heavy (non-hydrogen) atoms. The molecule has 0 saturated carbocycles. The summed E-state index contributed by atoms with van der Waals surface area (Å²) in [7, 11) is 1.58. The first-order chi connectivity index (χ1) is 12.2. The zero-order valence-corrected chi connectivity index (χ0v) is 14.2. The lowest BCUT2D eigenvalue weighted by molar-refractivity contribution is 0.101. The van der Waals surface area contributed by atoms with Crippen LogP contribution in [0.4, 0.5) is 9.18 Å². The molecule has 1 aromatic heterocycles. The van der Waals surface area contributed by atoms with Crippen molar-refractivity contribution in [3.8, 4) is 0 Å². The van der Waals surface area contributed by atoms with Gasteiger partial charge in [-0.15, -0.1) is 0 Å². The maximum Gasteiger partial charge on any atom is 0.318 e. The molecule has 132 valence electrons. The molecule has 2 amide bonds. The first-order valence-corrected chi connectivity index (χ1v) is 8.41. The number of pyridine rings is 1. The van der Waals surface area contributed by atoms with Crippen molar-refractivity contribution in [3.05, 3.63) is 65.7 Å². The summed E-state index contributed by atoms with van der Waals surface area (Å²) in [6.45, 7) is 1.06. The third kappa shape index (κ3) is 4.14. The van der Waals surface area contributed by atoms with Crippen LogP contribution in [0.2, 0.25) is 0 Å². The first kappa shape index (κ1) is 17.4. The summed E-state index contributed by atoms with van der Waals surface area (Å²) in [5.74, 6) is -0.292. The summed E-state index contributed by atoms with van der Waals surface area (Å²) >= 11 is 0. The van der Waals surface area contributed by atoms with E-state index in [9.17, 15) is 9.18 Å². The van der Waals surface area contributed by atoms with Crippen molar-refractivity contribution >= 4 is 6.03 Å². The summed E-state index contributed by atoms with van der Waals surface area (Å²) in [5, 5.41) is 2.94. The fourth-order valence-electron chi connectivity index (χ4n) is 3.24. The first-order valence-electron chi connectivity index (χ1n) is 8.41. The number of hydrogen-bond donors (Lipinski definition) is 1. The van der Waals surface area contributed by atoms with Crippen LogP contribution in [0.5, 0.6) is 0 Å². The van der Waals surface area contributed by atoms with Crippen LogP contribution in [0.1, 0.15) is 36.1 Å². The number of nitrogens with one attached hydrogen (secondary N) is 1. The molecule has 0 radical (unpaired) electrons. The summed E-state index contributed by atoms with van der Waals surface area (Å²) in [5.41, 5.74) is 1.93. The molecule has 5 nitrogen and oxygen atoms in total. The van der Waals surface area contributed by atoms with Crippen LogP contribution >= 0.6 is 0 Å². The second-order valence-corrected chi connectivity index (χ2v) is 6.09. The summed E-state index contributed by atoms with van der Waals surface area (Å²) < 4.78 is 18.5. The van der Waals surface area contributed by atoms with Gasteiger partial charge in [0.15, 0.2) is 0 Å². The van der Waals surface area contributed by atoms with E-state index >= 15 is 0 Å². The number of aromatic nitrogens is 1. The van der Waals surface area contributed by atoms with E-state index in [4.69, 9.17) is 4.74 Å². The second-order valence-electron chi connectivity index (χ2n) is 6.09. The maximum absolute atomic E-state index is 13.1. The number of urea groups is 1. The van der Waals surface area contributed by atoms with E-state index in [1.165, 1.54) is 12.1 Å². The Hall–Kier alpha value is -2.47. The van der Waals surface area contributed by atoms with Crippen molar-refractivity contribution in [2.75, 3.05) is 20.2 Å². The Morgan fingerprint density at radius 3 is 2.72 bits per heavy atom. The van der Waals surface area contributed by atoms with Crippen LogP contribution in [0.25, 0.3) is 0 Å². The average molecular weight is 343 g/mol. The zero-order valence-electron chi connectivity index (χ0n) is 14.2. The zero-order chi connectivity index (χ0) is 17.6. The summed E-state index contributed by atoms with van der Waals surface area (Å²) in [6.07, 6.45) is 5.11. The van der Waals surface area contributed by atoms with Crippen LogP contribution in [0.15, 0.2) is 48.8 Å². The normalized spacial score (nSPS) is 18.2. The molecular weight excluding hydrogens is 321 g/mol. The predicted molar refractivity (Wildman–Crippen MR) is 92.5 cm³/mol. The fraction of sp³-hybridized carbons (Fsp3) is 0.368. The quantitative estimate of drug-likeness (QED) is 0.905. The Kier molecular flexibility index (Phi) is 5.60. The van der Waals surface area contributed by atoms with Crippen molar-refractivity contribution < 1.29 is 13.9 Å². The van der Waals surface area contributed by atoms with Crippen LogP contribution < -0.4 is 5.32 Å². The lowest BCUT2D eigenvalue weighted by Crippen LogP contribution is -2.41. The molecular formula is C19H22FN3O2. The number of amides is 2. The molecule has 1 aromatic carbocycles. The summed E-state index contributed by atoms with van der Waals surface area (Å²) in [6, 6.07) is 10.0. The highest BCUT2D eigenvalue weighted by Crippen LogP contribution is 2.31. The Labute approximate surface area is 146 Å². The van der Waals surface area contributed by atoms with Crippen molar-refractivity contribution in [3.63, 3.8) is 0 Å². The number of hydrogen-bond acceptors (Lipinski definition) is 3. The number of carbonyl (C=O) groups excluding carboxylic acids is 1. The van der Waals surface area contributed by atoms with Gasteiger partial charge in [0, 0.05) is 32.6 Å². The third-order valence-corrected chi connectivity index (χ3v) is 4.57. The minimum Gasteiger partial charge on any atom is -0.375 e. The number of ether oxygens (including phenoxy) is 1. The fourth-order valence-corrected chi connectivity index (χ4v) is 3.24. The predicted octanol–water partition coefficient (Wildman–Crippen LogP) is 3.45. The maximum atomic E-state index is 13.1. The van der Waals surface area contributed by atoms with Gasteiger partial charge in [-0.3, -0.25) is 4.98 Å². The van der Waals surface area contributed by atoms with Gasteiger partial charge in [0.05, 0.1) is 12.1 Å². The standard InChI is InChI=1S/C19H22FN3O2/c1-25-18(15-4-6-16(20)7-5-15)13-22-19(24)23-12-2-3-17(23)14-8-10-21-11-9-14/h4-11,17-18H,2-3,12-13H2,1H3,(H,22,24). The van der Waals surface area contributed by atoms with E-state index in [1.807, 2.05) is 17.0 Å². The molecule has 1 fully saturated rings. The number of rotatable bonds is 5. The van der Waals surface area contributed by atoms with Crippen molar-refractivity contribution in [2.24, 2.45) is 0 Å². The van der Waals surface area contributed by atoms with Gasteiger partial charge in [-0.05, 0) is 48.2 Å². The van der Waals surface area contributed by atoms with Gasteiger partial charge in [-0.1, -0.05) is 12.1 Å².